The van der Waals surface area contributed by atoms with Gasteiger partial charge in [-0.3, -0.25) is 4.79 Å². The van der Waals surface area contributed by atoms with Crippen LogP contribution in [-0.2, 0) is 4.79 Å². The molecule has 0 spiro atoms. The first-order chi connectivity index (χ1) is 9.65. The monoisotopic (exact) mass is 274 g/mol. The van der Waals surface area contributed by atoms with Crippen molar-refractivity contribution in [3.05, 3.63) is 41.0 Å². The third kappa shape index (κ3) is 4.38. The van der Waals surface area contributed by atoms with Gasteiger partial charge in [-0.15, -0.1) is 0 Å². The molecule has 0 aromatic heterocycles. The number of nitrogens with one attached hydrogen (secondary N) is 2. The highest BCUT2D eigenvalue weighted by Crippen LogP contribution is 2.18. The van der Waals surface area contributed by atoms with Crippen molar-refractivity contribution < 1.29 is 9.53 Å². The smallest absolute Gasteiger partial charge is 0.258 e. The van der Waals surface area contributed by atoms with Crippen LogP contribution in [0.15, 0.2) is 29.8 Å². The maximum Gasteiger partial charge on any atom is 0.258 e. The maximum atomic E-state index is 11.8. The van der Waals surface area contributed by atoms with Crippen molar-refractivity contribution in [3.8, 4) is 5.75 Å². The summed E-state index contributed by atoms with van der Waals surface area (Å²) < 4.78 is 5.58. The van der Waals surface area contributed by atoms with Crippen LogP contribution in [0.2, 0.25) is 0 Å². The number of benzene rings is 1. The molecular weight excluding hydrogens is 252 g/mol. The van der Waals surface area contributed by atoms with Gasteiger partial charge in [0, 0.05) is 13.1 Å². The maximum absolute atomic E-state index is 11.8. The summed E-state index contributed by atoms with van der Waals surface area (Å²) in [5.74, 6) is 0.701. The molecule has 1 amide bonds. The fourth-order valence-electron chi connectivity index (χ4n) is 2.10. The normalized spacial score (nSPS) is 14.6. The molecule has 1 aliphatic rings. The second-order valence-electron chi connectivity index (χ2n) is 5.15. The van der Waals surface area contributed by atoms with Gasteiger partial charge in [-0.25, -0.2) is 0 Å². The Morgan fingerprint density at radius 1 is 1.40 bits per heavy atom. The number of aryl methyl sites for hydroxylation is 2. The first kappa shape index (κ1) is 14.6. The van der Waals surface area contributed by atoms with Crippen LogP contribution in [0.4, 0.5) is 0 Å². The van der Waals surface area contributed by atoms with Crippen molar-refractivity contribution in [1.29, 1.82) is 0 Å². The molecule has 0 aliphatic carbocycles. The number of rotatable bonds is 5. The molecule has 1 aromatic rings. The lowest BCUT2D eigenvalue weighted by atomic mass is 10.1. The zero-order valence-corrected chi connectivity index (χ0v) is 12.2. The van der Waals surface area contributed by atoms with Gasteiger partial charge in [0.05, 0.1) is 0 Å². The first-order valence-electron chi connectivity index (χ1n) is 7.00. The lowest BCUT2D eigenvalue weighted by Gasteiger charge is -2.15. The van der Waals surface area contributed by atoms with Crippen LogP contribution in [0.25, 0.3) is 0 Å². The Hall–Kier alpha value is -1.81. The summed E-state index contributed by atoms with van der Waals surface area (Å²) in [6, 6.07) is 5.99. The average Bonchev–Trinajstić information content (AvgIpc) is 2.47. The predicted octanol–water partition coefficient (Wildman–Crippen LogP) is 1.72. The third-order valence-corrected chi connectivity index (χ3v) is 3.37. The van der Waals surface area contributed by atoms with Gasteiger partial charge >= 0.3 is 0 Å². The number of carbonyl (C=O) groups is 1. The lowest BCUT2D eigenvalue weighted by Crippen LogP contribution is -2.32. The molecule has 0 fully saturated rings. The topological polar surface area (TPSA) is 50.4 Å². The van der Waals surface area contributed by atoms with E-state index in [4.69, 9.17) is 4.74 Å². The fourth-order valence-corrected chi connectivity index (χ4v) is 2.10. The van der Waals surface area contributed by atoms with Gasteiger partial charge in [0.2, 0.25) is 0 Å². The van der Waals surface area contributed by atoms with Crippen LogP contribution in [-0.4, -0.2) is 32.1 Å². The van der Waals surface area contributed by atoms with Crippen molar-refractivity contribution in [3.63, 3.8) is 0 Å². The third-order valence-electron chi connectivity index (χ3n) is 3.37. The van der Waals surface area contributed by atoms with Crippen molar-refractivity contribution >= 4 is 5.91 Å². The summed E-state index contributed by atoms with van der Waals surface area (Å²) in [7, 11) is 0. The van der Waals surface area contributed by atoms with E-state index < -0.39 is 0 Å². The minimum Gasteiger partial charge on any atom is -0.483 e. The highest BCUT2D eigenvalue weighted by Gasteiger charge is 2.07. The standard InChI is InChI=1S/C16H22N2O2/c1-12-3-4-13(2)15(9-12)20-11-16(19)18-10-14-5-7-17-8-6-14/h3-5,9,17H,6-8,10-11H2,1-2H3,(H,18,19). The molecular formula is C16H22N2O2. The summed E-state index contributed by atoms with van der Waals surface area (Å²) in [6.07, 6.45) is 3.13. The van der Waals surface area contributed by atoms with Crippen LogP contribution in [0.1, 0.15) is 17.5 Å². The second-order valence-corrected chi connectivity index (χ2v) is 5.15. The predicted molar refractivity (Wildman–Crippen MR) is 80.0 cm³/mol. The zero-order valence-electron chi connectivity index (χ0n) is 12.2. The van der Waals surface area contributed by atoms with Crippen LogP contribution in [0.5, 0.6) is 5.75 Å². The summed E-state index contributed by atoms with van der Waals surface area (Å²) in [5.41, 5.74) is 3.46. The number of ether oxygens (including phenoxy) is 1. The molecule has 20 heavy (non-hydrogen) atoms. The van der Waals surface area contributed by atoms with Gasteiger partial charge in [0.25, 0.3) is 5.91 Å². The van der Waals surface area contributed by atoms with E-state index in [2.05, 4.69) is 16.7 Å². The SMILES string of the molecule is Cc1ccc(C)c(OCC(=O)NCC2=CCNCC2)c1. The van der Waals surface area contributed by atoms with E-state index in [1.165, 1.54) is 5.57 Å². The molecule has 4 nitrogen and oxygen atoms in total. The molecule has 1 heterocycles. The average molecular weight is 274 g/mol. The Morgan fingerprint density at radius 3 is 3.00 bits per heavy atom. The molecule has 2 rings (SSSR count). The molecule has 1 aromatic carbocycles. The van der Waals surface area contributed by atoms with E-state index in [9.17, 15) is 4.79 Å². The van der Waals surface area contributed by atoms with Gasteiger partial charge in [-0.2, -0.15) is 0 Å². The molecule has 108 valence electrons. The van der Waals surface area contributed by atoms with E-state index in [0.29, 0.717) is 6.54 Å². The second kappa shape index (κ2) is 7.10. The Balaban J connectivity index is 1.77. The molecule has 0 atom stereocenters. The van der Waals surface area contributed by atoms with Crippen molar-refractivity contribution in [1.82, 2.24) is 10.6 Å². The molecule has 2 N–H and O–H groups in total. The minimum atomic E-state index is -0.0784. The number of hydrogen-bond donors (Lipinski definition) is 2. The summed E-state index contributed by atoms with van der Waals surface area (Å²) in [4.78, 5) is 11.8. The van der Waals surface area contributed by atoms with E-state index in [1.54, 1.807) is 0 Å². The Kier molecular flexibility index (Phi) is 5.18. The highest BCUT2D eigenvalue weighted by molar-refractivity contribution is 5.77. The minimum absolute atomic E-state index is 0.0653. The first-order valence-corrected chi connectivity index (χ1v) is 7.00. The molecule has 0 saturated carbocycles. The van der Waals surface area contributed by atoms with Crippen LogP contribution in [0, 0.1) is 13.8 Å². The quantitative estimate of drug-likeness (QED) is 0.804. The number of amides is 1. The van der Waals surface area contributed by atoms with Crippen LogP contribution >= 0.6 is 0 Å². The molecule has 0 unspecified atom stereocenters. The number of hydrogen-bond acceptors (Lipinski definition) is 3. The Morgan fingerprint density at radius 2 is 2.25 bits per heavy atom. The summed E-state index contributed by atoms with van der Waals surface area (Å²) in [5, 5.41) is 6.14. The molecule has 0 bridgehead atoms. The van der Waals surface area contributed by atoms with E-state index in [-0.39, 0.29) is 12.5 Å². The Labute approximate surface area is 120 Å². The Bertz CT molecular complexity index is 509. The lowest BCUT2D eigenvalue weighted by molar-refractivity contribution is -0.122. The van der Waals surface area contributed by atoms with Crippen LogP contribution < -0.4 is 15.4 Å². The van der Waals surface area contributed by atoms with Crippen molar-refractivity contribution in [2.24, 2.45) is 0 Å². The van der Waals surface area contributed by atoms with E-state index >= 15 is 0 Å². The largest absolute Gasteiger partial charge is 0.483 e. The highest BCUT2D eigenvalue weighted by atomic mass is 16.5. The van der Waals surface area contributed by atoms with Gasteiger partial charge < -0.3 is 15.4 Å². The van der Waals surface area contributed by atoms with Crippen molar-refractivity contribution in [2.75, 3.05) is 26.2 Å². The molecule has 1 aliphatic heterocycles. The van der Waals surface area contributed by atoms with Gasteiger partial charge in [0.1, 0.15) is 5.75 Å². The van der Waals surface area contributed by atoms with E-state index in [1.807, 2.05) is 32.0 Å². The molecule has 0 radical (unpaired) electrons. The van der Waals surface area contributed by atoms with Gasteiger partial charge in [0.15, 0.2) is 6.61 Å². The fraction of sp³-hybridized carbons (Fsp3) is 0.438. The van der Waals surface area contributed by atoms with E-state index in [0.717, 1.165) is 36.4 Å². The van der Waals surface area contributed by atoms with Gasteiger partial charge in [-0.1, -0.05) is 23.8 Å². The summed E-state index contributed by atoms with van der Waals surface area (Å²) in [6.45, 7) is 6.56. The zero-order chi connectivity index (χ0) is 14.4. The number of carbonyl (C=O) groups excluding carboxylic acids is 1. The van der Waals surface area contributed by atoms with Crippen LogP contribution in [0.3, 0.4) is 0 Å². The van der Waals surface area contributed by atoms with Gasteiger partial charge in [-0.05, 0) is 44.0 Å². The molecule has 4 heteroatoms. The van der Waals surface area contributed by atoms with Crippen molar-refractivity contribution in [2.45, 2.75) is 20.3 Å². The molecule has 0 saturated heterocycles. The summed E-state index contributed by atoms with van der Waals surface area (Å²) >= 11 is 0.